The zero-order valence-electron chi connectivity index (χ0n) is 8.10. The molecular weight excluding hydrogens is 184 g/mol. The second kappa shape index (κ2) is 5.36. The van der Waals surface area contributed by atoms with Crippen molar-refractivity contribution in [2.75, 3.05) is 14.2 Å². The first-order valence-corrected chi connectivity index (χ1v) is 4.07. The summed E-state index contributed by atoms with van der Waals surface area (Å²) in [6.07, 6.45) is 0.751. The number of ether oxygens (including phenoxy) is 3. The molecule has 0 N–H and O–H groups in total. The molecule has 1 aromatic carbocycles. The van der Waals surface area contributed by atoms with E-state index in [1.165, 1.54) is 14.2 Å². The minimum Gasteiger partial charge on any atom is -0.441 e. The first-order valence-electron chi connectivity index (χ1n) is 4.07. The fourth-order valence-corrected chi connectivity index (χ4v) is 0.965. The average molecular weight is 196 g/mol. The highest BCUT2D eigenvalue weighted by atomic mass is 16.8. The number of carbonyl (C=O) groups excluding carboxylic acids is 1. The lowest BCUT2D eigenvalue weighted by molar-refractivity contribution is -0.219. The minimum atomic E-state index is -0.753. The average Bonchev–Trinajstić information content (AvgIpc) is 2.26. The summed E-state index contributed by atoms with van der Waals surface area (Å²) in [5, 5.41) is 0. The number of methoxy groups -OCH3 is 2. The van der Waals surface area contributed by atoms with Crippen molar-refractivity contribution in [3.8, 4) is 5.75 Å². The lowest BCUT2D eigenvalue weighted by Crippen LogP contribution is -2.20. The van der Waals surface area contributed by atoms with Crippen molar-refractivity contribution in [3.63, 3.8) is 0 Å². The highest BCUT2D eigenvalue weighted by Crippen LogP contribution is 2.14. The smallest absolute Gasteiger partial charge is 0.315 e. The van der Waals surface area contributed by atoms with Crippen LogP contribution < -0.4 is 4.74 Å². The maximum Gasteiger partial charge on any atom is 0.315 e. The van der Waals surface area contributed by atoms with Gasteiger partial charge in [0.2, 0.25) is 0 Å². The van der Waals surface area contributed by atoms with Gasteiger partial charge < -0.3 is 14.2 Å². The van der Waals surface area contributed by atoms with E-state index in [9.17, 15) is 4.79 Å². The monoisotopic (exact) mass is 196 g/mol. The fraction of sp³-hybridized carbons (Fsp3) is 0.300. The van der Waals surface area contributed by atoms with Gasteiger partial charge >= 0.3 is 6.48 Å². The van der Waals surface area contributed by atoms with Crippen LogP contribution in [-0.2, 0) is 9.47 Å². The SMILES string of the molecule is COC(OC)Oc1cccc(C=O)c1. The van der Waals surface area contributed by atoms with Gasteiger partial charge in [-0.25, -0.2) is 0 Å². The molecule has 0 saturated carbocycles. The molecule has 0 amide bonds. The predicted molar refractivity (Wildman–Crippen MR) is 50.3 cm³/mol. The Morgan fingerprint density at radius 3 is 2.57 bits per heavy atom. The zero-order valence-corrected chi connectivity index (χ0v) is 8.10. The molecule has 1 aromatic rings. The Morgan fingerprint density at radius 2 is 2.00 bits per heavy atom. The van der Waals surface area contributed by atoms with E-state index in [1.807, 2.05) is 0 Å². The Hall–Kier alpha value is -1.39. The molecule has 0 aromatic heterocycles. The molecule has 1 rings (SSSR count). The zero-order chi connectivity index (χ0) is 10.4. The van der Waals surface area contributed by atoms with Crippen molar-refractivity contribution in [2.24, 2.45) is 0 Å². The molecule has 4 heteroatoms. The van der Waals surface area contributed by atoms with E-state index in [0.717, 1.165) is 6.29 Å². The number of rotatable bonds is 5. The molecule has 0 fully saturated rings. The number of benzene rings is 1. The maximum absolute atomic E-state index is 10.5. The minimum absolute atomic E-state index is 0.531. The van der Waals surface area contributed by atoms with Crippen molar-refractivity contribution in [2.45, 2.75) is 6.48 Å². The summed E-state index contributed by atoms with van der Waals surface area (Å²) in [6.45, 7) is -0.753. The molecule has 0 spiro atoms. The molecule has 0 aliphatic carbocycles. The highest BCUT2D eigenvalue weighted by molar-refractivity contribution is 5.75. The second-order valence-electron chi connectivity index (χ2n) is 2.57. The van der Waals surface area contributed by atoms with Crippen LogP contribution in [-0.4, -0.2) is 27.0 Å². The molecule has 0 heterocycles. The molecule has 0 atom stereocenters. The number of hydrogen-bond donors (Lipinski definition) is 0. The van der Waals surface area contributed by atoms with E-state index in [1.54, 1.807) is 24.3 Å². The molecule has 0 saturated heterocycles. The molecule has 0 aliphatic heterocycles. The van der Waals surface area contributed by atoms with Crippen LogP contribution in [0.1, 0.15) is 10.4 Å². The fourth-order valence-electron chi connectivity index (χ4n) is 0.965. The molecule has 0 radical (unpaired) electrons. The van der Waals surface area contributed by atoms with Gasteiger partial charge in [-0.3, -0.25) is 4.79 Å². The van der Waals surface area contributed by atoms with Crippen LogP contribution in [0, 0.1) is 0 Å². The van der Waals surface area contributed by atoms with Crippen LogP contribution in [0.4, 0.5) is 0 Å². The standard InChI is InChI=1S/C10H12O4/c1-12-10(13-2)14-9-5-3-4-8(6-9)7-11/h3-7,10H,1-2H3. The van der Waals surface area contributed by atoms with Crippen LogP contribution in [0.2, 0.25) is 0 Å². The van der Waals surface area contributed by atoms with E-state index >= 15 is 0 Å². The largest absolute Gasteiger partial charge is 0.441 e. The molecule has 0 aliphatic rings. The van der Waals surface area contributed by atoms with Gasteiger partial charge in [0.25, 0.3) is 0 Å². The quantitative estimate of drug-likeness (QED) is 0.528. The van der Waals surface area contributed by atoms with Gasteiger partial charge in [-0.15, -0.1) is 0 Å². The maximum atomic E-state index is 10.5. The summed E-state index contributed by atoms with van der Waals surface area (Å²) in [5.74, 6) is 0.531. The molecule has 0 unspecified atom stereocenters. The first-order chi connectivity index (χ1) is 6.80. The summed E-state index contributed by atoms with van der Waals surface area (Å²) in [7, 11) is 2.94. The summed E-state index contributed by atoms with van der Waals surface area (Å²) in [4.78, 5) is 10.5. The Bertz CT molecular complexity index is 294. The first kappa shape index (κ1) is 10.7. The van der Waals surface area contributed by atoms with Crippen LogP contribution >= 0.6 is 0 Å². The third-order valence-corrected chi connectivity index (χ3v) is 1.61. The van der Waals surface area contributed by atoms with Crippen molar-refractivity contribution in [1.82, 2.24) is 0 Å². The van der Waals surface area contributed by atoms with Gasteiger partial charge in [-0.1, -0.05) is 12.1 Å². The van der Waals surface area contributed by atoms with Crippen molar-refractivity contribution >= 4 is 6.29 Å². The van der Waals surface area contributed by atoms with Gasteiger partial charge in [0.15, 0.2) is 0 Å². The normalized spacial score (nSPS) is 10.2. The van der Waals surface area contributed by atoms with Crippen LogP contribution in [0.3, 0.4) is 0 Å². The topological polar surface area (TPSA) is 44.8 Å². The Labute approximate surface area is 82.4 Å². The van der Waals surface area contributed by atoms with Crippen molar-refractivity contribution < 1.29 is 19.0 Å². The van der Waals surface area contributed by atoms with Gasteiger partial charge in [0, 0.05) is 19.8 Å². The van der Waals surface area contributed by atoms with E-state index < -0.39 is 6.48 Å². The Kier molecular flexibility index (Phi) is 4.10. The van der Waals surface area contributed by atoms with Crippen LogP contribution in [0.15, 0.2) is 24.3 Å². The summed E-state index contributed by atoms with van der Waals surface area (Å²) in [5.41, 5.74) is 0.549. The van der Waals surface area contributed by atoms with E-state index in [2.05, 4.69) is 0 Å². The summed E-state index contributed by atoms with van der Waals surface area (Å²) in [6, 6.07) is 6.74. The third-order valence-electron chi connectivity index (χ3n) is 1.61. The van der Waals surface area contributed by atoms with Crippen LogP contribution in [0.5, 0.6) is 5.75 Å². The molecule has 0 bridgehead atoms. The summed E-state index contributed by atoms with van der Waals surface area (Å²) >= 11 is 0. The number of hydrogen-bond acceptors (Lipinski definition) is 4. The Balaban J connectivity index is 2.70. The number of carbonyl (C=O) groups is 1. The van der Waals surface area contributed by atoms with Crippen LogP contribution in [0.25, 0.3) is 0 Å². The van der Waals surface area contributed by atoms with E-state index in [0.29, 0.717) is 11.3 Å². The van der Waals surface area contributed by atoms with E-state index in [4.69, 9.17) is 14.2 Å². The van der Waals surface area contributed by atoms with E-state index in [-0.39, 0.29) is 0 Å². The predicted octanol–water partition coefficient (Wildman–Crippen LogP) is 1.45. The highest BCUT2D eigenvalue weighted by Gasteiger charge is 2.06. The molecule has 14 heavy (non-hydrogen) atoms. The molecular formula is C10H12O4. The Morgan fingerprint density at radius 1 is 1.29 bits per heavy atom. The van der Waals surface area contributed by atoms with Gasteiger partial charge in [-0.2, -0.15) is 0 Å². The molecule has 76 valence electrons. The van der Waals surface area contributed by atoms with Crippen molar-refractivity contribution in [3.05, 3.63) is 29.8 Å². The molecule has 4 nitrogen and oxygen atoms in total. The van der Waals surface area contributed by atoms with Gasteiger partial charge in [-0.05, 0) is 12.1 Å². The summed E-state index contributed by atoms with van der Waals surface area (Å²) < 4.78 is 14.9. The van der Waals surface area contributed by atoms with Gasteiger partial charge in [0.05, 0.1) is 0 Å². The number of aldehydes is 1. The lowest BCUT2D eigenvalue weighted by Gasteiger charge is -2.14. The van der Waals surface area contributed by atoms with Gasteiger partial charge in [0.1, 0.15) is 12.0 Å². The van der Waals surface area contributed by atoms with Crippen molar-refractivity contribution in [1.29, 1.82) is 0 Å². The second-order valence-corrected chi connectivity index (χ2v) is 2.57. The third kappa shape index (κ3) is 2.83. The lowest BCUT2D eigenvalue weighted by atomic mass is 10.2.